The Hall–Kier alpha value is -7.63. The first-order chi connectivity index (χ1) is 27.7. The van der Waals surface area contributed by atoms with E-state index in [-0.39, 0.29) is 0 Å². The van der Waals surface area contributed by atoms with Gasteiger partial charge >= 0.3 is 0 Å². The van der Waals surface area contributed by atoms with E-state index in [2.05, 4.69) is 150 Å². The number of hydrogen-bond donors (Lipinski definition) is 0. The molecule has 8 aromatic carbocycles. The highest BCUT2D eigenvalue weighted by Gasteiger charge is 2.17. The van der Waals surface area contributed by atoms with E-state index in [1.807, 2.05) is 48.5 Å². The quantitative estimate of drug-likeness (QED) is 0.172. The topological polar surface area (TPSA) is 56.7 Å². The Morgan fingerprint density at radius 1 is 0.304 bits per heavy atom. The molecule has 0 atom stereocenters. The van der Waals surface area contributed by atoms with Crippen molar-refractivity contribution in [2.45, 2.75) is 0 Å². The van der Waals surface area contributed by atoms with Crippen LogP contribution in [0.15, 0.2) is 199 Å². The van der Waals surface area contributed by atoms with E-state index in [0.717, 1.165) is 77.6 Å². The Labute approximate surface area is 322 Å². The monoisotopic (exact) mass is 716 g/mol. The van der Waals surface area contributed by atoms with Crippen molar-refractivity contribution >= 4 is 43.7 Å². The van der Waals surface area contributed by atoms with E-state index in [1.165, 1.54) is 10.8 Å². The van der Waals surface area contributed by atoms with Gasteiger partial charge in [0.25, 0.3) is 0 Å². The van der Waals surface area contributed by atoms with Crippen LogP contribution >= 0.6 is 0 Å². The third kappa shape index (κ3) is 5.45. The number of rotatable bonds is 6. The van der Waals surface area contributed by atoms with Crippen LogP contribution in [0.1, 0.15) is 0 Å². The number of hydrogen-bond acceptors (Lipinski definition) is 4. The molecule has 262 valence electrons. The fraction of sp³-hybridized carbons (Fsp3) is 0. The molecule has 0 N–H and O–H groups in total. The maximum absolute atomic E-state index is 6.13. The summed E-state index contributed by atoms with van der Waals surface area (Å²) in [7, 11) is 0. The Morgan fingerprint density at radius 2 is 0.821 bits per heavy atom. The summed E-state index contributed by atoms with van der Waals surface area (Å²) in [5.74, 6) is 1.89. The molecule has 11 rings (SSSR count). The van der Waals surface area contributed by atoms with Crippen molar-refractivity contribution in [3.05, 3.63) is 194 Å². The van der Waals surface area contributed by atoms with Gasteiger partial charge in [-0.3, -0.25) is 0 Å². The Morgan fingerprint density at radius 3 is 1.61 bits per heavy atom. The number of fused-ring (bicyclic) bond motifs is 6. The molecule has 56 heavy (non-hydrogen) atoms. The molecule has 0 saturated carbocycles. The van der Waals surface area contributed by atoms with Gasteiger partial charge in [0.15, 0.2) is 17.5 Å². The van der Waals surface area contributed by atoms with Gasteiger partial charge in [-0.2, -0.15) is 0 Å². The first-order valence-corrected chi connectivity index (χ1v) is 18.8. The van der Waals surface area contributed by atoms with E-state index in [0.29, 0.717) is 17.5 Å². The van der Waals surface area contributed by atoms with Crippen LogP contribution in [0.2, 0.25) is 0 Å². The molecule has 0 amide bonds. The molecule has 3 heterocycles. The van der Waals surface area contributed by atoms with Gasteiger partial charge in [-0.15, -0.1) is 0 Å². The van der Waals surface area contributed by atoms with Crippen LogP contribution in [-0.2, 0) is 0 Å². The fourth-order valence-electron chi connectivity index (χ4n) is 7.91. The lowest BCUT2D eigenvalue weighted by atomic mass is 10.0. The van der Waals surface area contributed by atoms with Crippen LogP contribution in [-0.4, -0.2) is 19.5 Å². The summed E-state index contributed by atoms with van der Waals surface area (Å²) in [5, 5.41) is 4.66. The second-order valence-electron chi connectivity index (χ2n) is 14.1. The third-order valence-corrected chi connectivity index (χ3v) is 10.7. The Kier molecular flexibility index (Phi) is 7.42. The molecule has 3 aromatic heterocycles. The molecule has 0 radical (unpaired) electrons. The van der Waals surface area contributed by atoms with E-state index < -0.39 is 0 Å². The van der Waals surface area contributed by atoms with E-state index in [9.17, 15) is 0 Å². The van der Waals surface area contributed by atoms with Crippen LogP contribution < -0.4 is 0 Å². The lowest BCUT2D eigenvalue weighted by molar-refractivity contribution is 0.669. The summed E-state index contributed by atoms with van der Waals surface area (Å²) in [4.78, 5) is 15.1. The molecule has 0 fully saturated rings. The molecule has 0 saturated heterocycles. The molecule has 0 spiro atoms. The van der Waals surface area contributed by atoms with Crippen molar-refractivity contribution in [1.29, 1.82) is 0 Å². The fourth-order valence-corrected chi connectivity index (χ4v) is 7.91. The minimum absolute atomic E-state index is 0.622. The zero-order valence-electron chi connectivity index (χ0n) is 30.2. The molecular weight excluding hydrogens is 685 g/mol. The first-order valence-electron chi connectivity index (χ1n) is 18.8. The van der Waals surface area contributed by atoms with Gasteiger partial charge in [0.1, 0.15) is 11.2 Å². The molecule has 0 unspecified atom stereocenters. The van der Waals surface area contributed by atoms with Gasteiger partial charge < -0.3 is 8.98 Å². The summed E-state index contributed by atoms with van der Waals surface area (Å²) in [6.45, 7) is 0. The number of nitrogens with zero attached hydrogens (tertiary/aromatic N) is 4. The molecule has 0 aliphatic rings. The minimum atomic E-state index is 0.622. The summed E-state index contributed by atoms with van der Waals surface area (Å²) in [5.41, 5.74) is 12.5. The van der Waals surface area contributed by atoms with Gasteiger partial charge in [0.05, 0.1) is 11.0 Å². The number of aromatic nitrogens is 4. The van der Waals surface area contributed by atoms with Crippen molar-refractivity contribution in [2.24, 2.45) is 0 Å². The molecule has 5 heteroatoms. The lowest BCUT2D eigenvalue weighted by Gasteiger charge is -2.12. The third-order valence-electron chi connectivity index (χ3n) is 10.7. The first kappa shape index (κ1) is 31.9. The Balaban J connectivity index is 1.02. The van der Waals surface area contributed by atoms with E-state index in [1.54, 1.807) is 0 Å². The molecular formula is C51H32N4O. The van der Waals surface area contributed by atoms with Gasteiger partial charge in [0.2, 0.25) is 0 Å². The Bertz CT molecular complexity index is 3240. The largest absolute Gasteiger partial charge is 0.456 e. The van der Waals surface area contributed by atoms with Crippen molar-refractivity contribution < 1.29 is 4.42 Å². The minimum Gasteiger partial charge on any atom is -0.456 e. The smallest absolute Gasteiger partial charge is 0.164 e. The van der Waals surface area contributed by atoms with E-state index >= 15 is 0 Å². The maximum Gasteiger partial charge on any atom is 0.164 e. The standard InChI is InChI=1S/C51H32N4O/c1-3-12-33(13-4-1)36-16-11-17-39(30-36)51-53-49(34-14-5-2-6-15-34)52-50(54-51)35-22-26-40(27-23-35)55-45-20-9-7-18-41(45)42-28-24-38(32-46(42)55)37-25-29-48-44(31-37)43-19-8-10-21-47(43)56-48/h1-32H. The zero-order valence-corrected chi connectivity index (χ0v) is 30.2. The summed E-state index contributed by atoms with van der Waals surface area (Å²) >= 11 is 0. The summed E-state index contributed by atoms with van der Waals surface area (Å²) in [6.07, 6.45) is 0. The number of benzene rings is 8. The van der Waals surface area contributed by atoms with Crippen LogP contribution in [0.4, 0.5) is 0 Å². The molecule has 0 aliphatic heterocycles. The highest BCUT2D eigenvalue weighted by Crippen LogP contribution is 2.38. The molecule has 5 nitrogen and oxygen atoms in total. The van der Waals surface area contributed by atoms with Gasteiger partial charge in [-0.25, -0.2) is 15.0 Å². The molecule has 0 bridgehead atoms. The predicted octanol–water partition coefficient (Wildman–Crippen LogP) is 13.2. The van der Waals surface area contributed by atoms with Gasteiger partial charge in [0, 0.05) is 43.9 Å². The van der Waals surface area contributed by atoms with Crippen LogP contribution in [0.25, 0.3) is 106 Å². The van der Waals surface area contributed by atoms with E-state index in [4.69, 9.17) is 19.4 Å². The normalized spacial score (nSPS) is 11.6. The van der Waals surface area contributed by atoms with Crippen molar-refractivity contribution in [3.63, 3.8) is 0 Å². The molecule has 11 aromatic rings. The average molecular weight is 717 g/mol. The summed E-state index contributed by atoms with van der Waals surface area (Å²) < 4.78 is 8.49. The second kappa shape index (κ2) is 13.0. The van der Waals surface area contributed by atoms with Crippen molar-refractivity contribution in [3.8, 4) is 62.1 Å². The van der Waals surface area contributed by atoms with Gasteiger partial charge in [-0.1, -0.05) is 133 Å². The maximum atomic E-state index is 6.13. The lowest BCUT2D eigenvalue weighted by Crippen LogP contribution is -2.00. The zero-order chi connectivity index (χ0) is 37.0. The van der Waals surface area contributed by atoms with Crippen molar-refractivity contribution in [1.82, 2.24) is 19.5 Å². The molecule has 0 aliphatic carbocycles. The average Bonchev–Trinajstić information content (AvgIpc) is 3.82. The van der Waals surface area contributed by atoms with Gasteiger partial charge in [-0.05, 0) is 82.9 Å². The highest BCUT2D eigenvalue weighted by molar-refractivity contribution is 6.11. The van der Waals surface area contributed by atoms with Crippen molar-refractivity contribution in [2.75, 3.05) is 0 Å². The highest BCUT2D eigenvalue weighted by atomic mass is 16.3. The van der Waals surface area contributed by atoms with Crippen LogP contribution in [0.3, 0.4) is 0 Å². The predicted molar refractivity (Wildman–Crippen MR) is 229 cm³/mol. The second-order valence-corrected chi connectivity index (χ2v) is 14.1. The number of furan rings is 1. The van der Waals surface area contributed by atoms with Crippen LogP contribution in [0.5, 0.6) is 0 Å². The van der Waals surface area contributed by atoms with Crippen LogP contribution in [0, 0.1) is 0 Å². The number of para-hydroxylation sites is 2. The summed E-state index contributed by atoms with van der Waals surface area (Å²) in [6, 6.07) is 67.6. The SMILES string of the molecule is c1ccc(-c2cccc(-c3nc(-c4ccccc4)nc(-c4ccc(-n5c6ccccc6c6ccc(-c7ccc8oc9ccccc9c8c7)cc65)cc4)n3)c2)cc1.